The Morgan fingerprint density at radius 1 is 1.23 bits per heavy atom. The summed E-state index contributed by atoms with van der Waals surface area (Å²) < 4.78 is 5.29. The van der Waals surface area contributed by atoms with Gasteiger partial charge in [-0.25, -0.2) is 9.97 Å². The van der Waals surface area contributed by atoms with Crippen LogP contribution in [-0.2, 0) is 4.74 Å². The summed E-state index contributed by atoms with van der Waals surface area (Å²) in [4.78, 5) is 33.3. The van der Waals surface area contributed by atoms with Gasteiger partial charge in [0.05, 0.1) is 28.7 Å². The minimum atomic E-state index is -0.624. The SMILES string of the molecule is O=C(NNc1ncnc(NCCN2CCOCC2)c1[N+](=O)[O-])c1ccc(Cl)cc1Cl. The number of halogens is 2. The first-order chi connectivity index (χ1) is 14.5. The van der Waals surface area contributed by atoms with E-state index < -0.39 is 10.8 Å². The van der Waals surface area contributed by atoms with Gasteiger partial charge < -0.3 is 10.1 Å². The Labute approximate surface area is 181 Å². The maximum absolute atomic E-state index is 12.3. The van der Waals surface area contributed by atoms with Crippen LogP contribution in [0.4, 0.5) is 17.3 Å². The van der Waals surface area contributed by atoms with Gasteiger partial charge in [0, 0.05) is 31.2 Å². The van der Waals surface area contributed by atoms with Crippen LogP contribution in [0.25, 0.3) is 0 Å². The van der Waals surface area contributed by atoms with Crippen LogP contribution in [0.2, 0.25) is 10.0 Å². The Hall–Kier alpha value is -2.73. The number of hydrogen-bond donors (Lipinski definition) is 3. The molecule has 1 aromatic carbocycles. The molecule has 1 fully saturated rings. The average molecular weight is 456 g/mol. The first kappa shape index (κ1) is 22.0. The molecular formula is C17H19Cl2N7O4. The minimum absolute atomic E-state index is 0.0459. The quantitative estimate of drug-likeness (QED) is 0.404. The summed E-state index contributed by atoms with van der Waals surface area (Å²) in [6, 6.07) is 4.36. The van der Waals surface area contributed by atoms with Gasteiger partial charge in [-0.2, -0.15) is 0 Å². The van der Waals surface area contributed by atoms with Crippen LogP contribution in [0.3, 0.4) is 0 Å². The molecule has 11 nitrogen and oxygen atoms in total. The van der Waals surface area contributed by atoms with E-state index >= 15 is 0 Å². The van der Waals surface area contributed by atoms with E-state index in [9.17, 15) is 14.9 Å². The van der Waals surface area contributed by atoms with Crippen LogP contribution in [0.5, 0.6) is 0 Å². The van der Waals surface area contributed by atoms with Crippen molar-refractivity contribution in [2.75, 3.05) is 50.1 Å². The highest BCUT2D eigenvalue weighted by atomic mass is 35.5. The maximum atomic E-state index is 12.3. The number of carbonyl (C=O) groups excluding carboxylic acids is 1. The van der Waals surface area contributed by atoms with Gasteiger partial charge >= 0.3 is 5.69 Å². The number of nitrogens with one attached hydrogen (secondary N) is 3. The van der Waals surface area contributed by atoms with Gasteiger partial charge in [-0.05, 0) is 18.2 Å². The van der Waals surface area contributed by atoms with E-state index in [2.05, 4.69) is 31.0 Å². The van der Waals surface area contributed by atoms with Crippen molar-refractivity contribution < 1.29 is 14.5 Å². The second-order valence-electron chi connectivity index (χ2n) is 6.26. The monoisotopic (exact) mass is 455 g/mol. The topological polar surface area (TPSA) is 135 Å². The number of aromatic nitrogens is 2. The lowest BCUT2D eigenvalue weighted by atomic mass is 10.2. The van der Waals surface area contributed by atoms with Gasteiger partial charge in [0.1, 0.15) is 6.33 Å². The van der Waals surface area contributed by atoms with E-state index in [0.717, 1.165) is 19.4 Å². The minimum Gasteiger partial charge on any atom is -0.379 e. The van der Waals surface area contributed by atoms with Crippen molar-refractivity contribution >= 4 is 46.4 Å². The van der Waals surface area contributed by atoms with E-state index in [1.54, 1.807) is 0 Å². The summed E-state index contributed by atoms with van der Waals surface area (Å²) in [5.41, 5.74) is 4.57. The third-order valence-corrected chi connectivity index (χ3v) is 4.85. The number of amides is 1. The van der Waals surface area contributed by atoms with Crippen molar-refractivity contribution in [3.63, 3.8) is 0 Å². The number of benzene rings is 1. The molecule has 13 heteroatoms. The molecule has 1 amide bonds. The van der Waals surface area contributed by atoms with Gasteiger partial charge in [0.15, 0.2) is 0 Å². The van der Waals surface area contributed by atoms with Gasteiger partial charge in [0.25, 0.3) is 5.91 Å². The summed E-state index contributed by atoms with van der Waals surface area (Å²) in [6.07, 6.45) is 1.16. The number of hydrogen-bond acceptors (Lipinski definition) is 9. The first-order valence-corrected chi connectivity index (χ1v) is 9.76. The van der Waals surface area contributed by atoms with Crippen molar-refractivity contribution in [1.29, 1.82) is 0 Å². The number of carbonyl (C=O) groups is 1. The molecule has 0 spiro atoms. The lowest BCUT2D eigenvalue weighted by Crippen LogP contribution is -2.39. The standard InChI is InChI=1S/C17H19Cl2N7O4/c18-11-1-2-12(13(19)9-11)17(27)24-23-16-14(26(28)29)15(21-10-22-16)20-3-4-25-5-7-30-8-6-25/h1-2,9-10H,3-8H2,(H,24,27)(H2,20,21,22,23). The number of anilines is 2. The molecule has 1 aliphatic rings. The number of nitrogens with zero attached hydrogens (tertiary/aromatic N) is 4. The fraction of sp³-hybridized carbons (Fsp3) is 0.353. The van der Waals surface area contributed by atoms with Crippen molar-refractivity contribution in [2.24, 2.45) is 0 Å². The summed E-state index contributed by atoms with van der Waals surface area (Å²) in [7, 11) is 0. The smallest absolute Gasteiger partial charge is 0.354 e. The molecule has 0 radical (unpaired) electrons. The van der Waals surface area contributed by atoms with Gasteiger partial charge in [-0.3, -0.25) is 30.7 Å². The molecule has 3 N–H and O–H groups in total. The Balaban J connectivity index is 1.66. The maximum Gasteiger partial charge on any atom is 0.354 e. The van der Waals surface area contributed by atoms with Crippen molar-refractivity contribution in [3.8, 4) is 0 Å². The molecule has 1 aromatic heterocycles. The molecule has 2 aromatic rings. The van der Waals surface area contributed by atoms with E-state index in [-0.39, 0.29) is 27.9 Å². The van der Waals surface area contributed by atoms with E-state index in [1.165, 1.54) is 18.2 Å². The Kier molecular flexibility index (Phi) is 7.57. The van der Waals surface area contributed by atoms with Gasteiger partial charge in [0.2, 0.25) is 11.6 Å². The van der Waals surface area contributed by atoms with Crippen LogP contribution in [0, 0.1) is 10.1 Å². The lowest BCUT2D eigenvalue weighted by Gasteiger charge is -2.26. The third kappa shape index (κ3) is 5.66. The molecule has 0 atom stereocenters. The zero-order chi connectivity index (χ0) is 21.5. The molecule has 0 unspecified atom stereocenters. The summed E-state index contributed by atoms with van der Waals surface area (Å²) in [5.74, 6) is -0.724. The molecule has 0 bridgehead atoms. The van der Waals surface area contributed by atoms with Crippen molar-refractivity contribution in [2.45, 2.75) is 0 Å². The number of nitro groups is 1. The zero-order valence-corrected chi connectivity index (χ0v) is 17.2. The number of hydrazine groups is 1. The van der Waals surface area contributed by atoms with Crippen LogP contribution >= 0.6 is 23.2 Å². The van der Waals surface area contributed by atoms with Crippen LogP contribution in [-0.4, -0.2) is 65.1 Å². The summed E-state index contributed by atoms with van der Waals surface area (Å²) in [5, 5.41) is 15.1. The van der Waals surface area contributed by atoms with Crippen molar-refractivity contribution in [3.05, 3.63) is 50.2 Å². The normalized spacial score (nSPS) is 14.2. The Bertz CT molecular complexity index is 925. The van der Waals surface area contributed by atoms with Gasteiger partial charge in [-0.15, -0.1) is 0 Å². The second kappa shape index (κ2) is 10.3. The average Bonchev–Trinajstić information content (AvgIpc) is 2.72. The van der Waals surface area contributed by atoms with E-state index in [4.69, 9.17) is 27.9 Å². The molecule has 1 aliphatic heterocycles. The molecule has 3 rings (SSSR count). The summed E-state index contributed by atoms with van der Waals surface area (Å²) >= 11 is 11.8. The molecule has 2 heterocycles. The molecule has 160 valence electrons. The third-order valence-electron chi connectivity index (χ3n) is 4.30. The fourth-order valence-corrected chi connectivity index (χ4v) is 3.28. The highest BCUT2D eigenvalue weighted by molar-refractivity contribution is 6.36. The number of ether oxygens (including phenoxy) is 1. The predicted molar refractivity (Wildman–Crippen MR) is 112 cm³/mol. The molecule has 30 heavy (non-hydrogen) atoms. The number of morpholine rings is 1. The molecular weight excluding hydrogens is 437 g/mol. The van der Waals surface area contributed by atoms with E-state index in [1.807, 2.05) is 0 Å². The molecule has 1 saturated heterocycles. The highest BCUT2D eigenvalue weighted by Gasteiger charge is 2.24. The van der Waals surface area contributed by atoms with E-state index in [0.29, 0.717) is 31.3 Å². The predicted octanol–water partition coefficient (Wildman–Crippen LogP) is 2.19. The fourth-order valence-electron chi connectivity index (χ4n) is 2.79. The largest absolute Gasteiger partial charge is 0.379 e. The Morgan fingerprint density at radius 3 is 2.67 bits per heavy atom. The van der Waals surface area contributed by atoms with Crippen molar-refractivity contribution in [1.82, 2.24) is 20.3 Å². The molecule has 0 aliphatic carbocycles. The van der Waals surface area contributed by atoms with Crippen LogP contribution < -0.4 is 16.2 Å². The molecule has 0 saturated carbocycles. The lowest BCUT2D eigenvalue weighted by molar-refractivity contribution is -0.383. The highest BCUT2D eigenvalue weighted by Crippen LogP contribution is 2.28. The number of rotatable bonds is 8. The first-order valence-electron chi connectivity index (χ1n) is 9.00. The van der Waals surface area contributed by atoms with Crippen LogP contribution in [0.15, 0.2) is 24.5 Å². The second-order valence-corrected chi connectivity index (χ2v) is 7.10. The van der Waals surface area contributed by atoms with Gasteiger partial charge in [-0.1, -0.05) is 23.2 Å². The Morgan fingerprint density at radius 2 is 1.97 bits per heavy atom. The zero-order valence-electron chi connectivity index (χ0n) is 15.7. The summed E-state index contributed by atoms with van der Waals surface area (Å²) in [6.45, 7) is 4.07. The van der Waals surface area contributed by atoms with Crippen LogP contribution in [0.1, 0.15) is 10.4 Å².